The summed E-state index contributed by atoms with van der Waals surface area (Å²) in [6.45, 7) is 4.39. The minimum absolute atomic E-state index is 0.0372. The van der Waals surface area contributed by atoms with E-state index in [0.29, 0.717) is 19.1 Å². The van der Waals surface area contributed by atoms with E-state index in [1.165, 1.54) is 0 Å². The summed E-state index contributed by atoms with van der Waals surface area (Å²) in [5.41, 5.74) is 1.86. The van der Waals surface area contributed by atoms with Crippen LogP contribution in [-0.2, 0) is 9.53 Å². The monoisotopic (exact) mass is 318 g/mol. The van der Waals surface area contributed by atoms with Crippen LogP contribution < -0.4 is 15.4 Å². The third-order valence-electron chi connectivity index (χ3n) is 4.45. The lowest BCUT2D eigenvalue weighted by atomic mass is 10.1. The molecule has 2 atom stereocenters. The minimum Gasteiger partial charge on any atom is -0.489 e. The van der Waals surface area contributed by atoms with Crippen LogP contribution in [0.15, 0.2) is 18.2 Å². The van der Waals surface area contributed by atoms with Crippen LogP contribution in [0.3, 0.4) is 0 Å². The second-order valence-electron chi connectivity index (χ2n) is 6.49. The number of carbonyl (C=O) groups is 1. The van der Waals surface area contributed by atoms with Gasteiger partial charge < -0.3 is 20.1 Å². The zero-order valence-corrected chi connectivity index (χ0v) is 13.8. The van der Waals surface area contributed by atoms with E-state index in [4.69, 9.17) is 9.47 Å². The van der Waals surface area contributed by atoms with Crippen molar-refractivity contribution in [2.45, 2.75) is 51.2 Å². The van der Waals surface area contributed by atoms with Crippen LogP contribution in [-0.4, -0.2) is 37.8 Å². The normalized spacial score (nSPS) is 23.9. The van der Waals surface area contributed by atoms with Crippen molar-refractivity contribution < 1.29 is 14.3 Å². The van der Waals surface area contributed by atoms with Gasteiger partial charge in [-0.1, -0.05) is 6.07 Å². The Balaban J connectivity index is 1.59. The molecule has 1 aromatic rings. The zero-order valence-electron chi connectivity index (χ0n) is 13.8. The molecule has 2 N–H and O–H groups in total. The summed E-state index contributed by atoms with van der Waals surface area (Å²) in [4.78, 5) is 12.2. The third kappa shape index (κ3) is 4.69. The van der Waals surface area contributed by atoms with Gasteiger partial charge in [0, 0.05) is 19.1 Å². The van der Waals surface area contributed by atoms with Crippen LogP contribution in [0.25, 0.3) is 0 Å². The summed E-state index contributed by atoms with van der Waals surface area (Å²) in [6, 6.07) is 6.18. The number of hydrogen-bond donors (Lipinski definition) is 2. The maximum absolute atomic E-state index is 12.2. The van der Waals surface area contributed by atoms with E-state index in [1.54, 1.807) is 0 Å². The standard InChI is InChI=1S/C18H26N2O3/c1-13-6-7-16(20-18(21)11-14-4-2-8-19-14)17(10-13)23-12-15-5-3-9-22-15/h6-7,10,14-15,19H,2-5,8-9,11-12H2,1H3,(H,20,21). The summed E-state index contributed by atoms with van der Waals surface area (Å²) < 4.78 is 11.5. The van der Waals surface area contributed by atoms with E-state index in [-0.39, 0.29) is 12.0 Å². The highest BCUT2D eigenvalue weighted by molar-refractivity contribution is 5.92. The average Bonchev–Trinajstić information content (AvgIpc) is 3.21. The van der Waals surface area contributed by atoms with Gasteiger partial charge in [0.25, 0.3) is 0 Å². The van der Waals surface area contributed by atoms with Gasteiger partial charge in [0.1, 0.15) is 12.4 Å². The molecule has 2 fully saturated rings. The number of amides is 1. The Bertz CT molecular complexity index is 535. The molecule has 23 heavy (non-hydrogen) atoms. The van der Waals surface area contributed by atoms with E-state index in [1.807, 2.05) is 25.1 Å². The highest BCUT2D eigenvalue weighted by atomic mass is 16.5. The predicted molar refractivity (Wildman–Crippen MR) is 89.9 cm³/mol. The second-order valence-corrected chi connectivity index (χ2v) is 6.49. The summed E-state index contributed by atoms with van der Waals surface area (Å²) >= 11 is 0. The average molecular weight is 318 g/mol. The van der Waals surface area contributed by atoms with Crippen molar-refractivity contribution in [3.63, 3.8) is 0 Å². The summed E-state index contributed by atoms with van der Waals surface area (Å²) in [5, 5.41) is 6.35. The number of nitrogens with one attached hydrogen (secondary N) is 2. The molecule has 0 saturated carbocycles. The fourth-order valence-electron chi connectivity index (χ4n) is 3.17. The number of benzene rings is 1. The predicted octanol–water partition coefficient (Wildman–Crippen LogP) is 2.63. The van der Waals surface area contributed by atoms with E-state index >= 15 is 0 Å². The first-order valence-electron chi connectivity index (χ1n) is 8.59. The number of ether oxygens (including phenoxy) is 2. The van der Waals surface area contributed by atoms with Crippen LogP contribution in [0.2, 0.25) is 0 Å². The van der Waals surface area contributed by atoms with Crippen molar-refractivity contribution in [3.8, 4) is 5.75 Å². The molecule has 5 heteroatoms. The number of rotatable bonds is 6. The Kier molecular flexibility index (Phi) is 5.51. The molecule has 2 saturated heterocycles. The topological polar surface area (TPSA) is 59.6 Å². The van der Waals surface area contributed by atoms with Crippen LogP contribution in [0.1, 0.15) is 37.7 Å². The number of anilines is 1. The molecule has 5 nitrogen and oxygen atoms in total. The van der Waals surface area contributed by atoms with Gasteiger partial charge >= 0.3 is 0 Å². The molecule has 3 rings (SSSR count). The lowest BCUT2D eigenvalue weighted by Gasteiger charge is -2.17. The molecule has 1 aromatic carbocycles. The SMILES string of the molecule is Cc1ccc(NC(=O)CC2CCCN2)c(OCC2CCCO2)c1. The number of hydrogen-bond acceptors (Lipinski definition) is 4. The molecule has 0 spiro atoms. The summed E-state index contributed by atoms with van der Waals surface area (Å²) in [5.74, 6) is 0.767. The fraction of sp³-hybridized carbons (Fsp3) is 0.611. The Morgan fingerprint density at radius 1 is 1.39 bits per heavy atom. The van der Waals surface area contributed by atoms with Crippen molar-refractivity contribution in [2.75, 3.05) is 25.1 Å². The number of carbonyl (C=O) groups excluding carboxylic acids is 1. The molecule has 0 radical (unpaired) electrons. The third-order valence-corrected chi connectivity index (χ3v) is 4.45. The van der Waals surface area contributed by atoms with Crippen LogP contribution in [0.4, 0.5) is 5.69 Å². The molecule has 2 heterocycles. The van der Waals surface area contributed by atoms with Crippen molar-refractivity contribution in [1.29, 1.82) is 0 Å². The first kappa shape index (κ1) is 16.3. The molecule has 2 aliphatic heterocycles. The van der Waals surface area contributed by atoms with Crippen LogP contribution in [0.5, 0.6) is 5.75 Å². The van der Waals surface area contributed by atoms with Crippen molar-refractivity contribution in [1.82, 2.24) is 5.32 Å². The van der Waals surface area contributed by atoms with Gasteiger partial charge in [-0.25, -0.2) is 0 Å². The molecular weight excluding hydrogens is 292 g/mol. The fourth-order valence-corrected chi connectivity index (χ4v) is 3.17. The lowest BCUT2D eigenvalue weighted by Crippen LogP contribution is -2.27. The van der Waals surface area contributed by atoms with E-state index in [9.17, 15) is 4.79 Å². The maximum atomic E-state index is 12.2. The Morgan fingerprint density at radius 2 is 2.30 bits per heavy atom. The number of aryl methyl sites for hydroxylation is 1. The molecule has 1 amide bonds. The Labute approximate surface area is 137 Å². The van der Waals surface area contributed by atoms with Gasteiger partial charge in [-0.05, 0) is 56.8 Å². The van der Waals surface area contributed by atoms with Gasteiger partial charge in [0.05, 0.1) is 11.8 Å². The maximum Gasteiger partial charge on any atom is 0.226 e. The first-order chi connectivity index (χ1) is 11.2. The first-order valence-corrected chi connectivity index (χ1v) is 8.59. The minimum atomic E-state index is 0.0372. The van der Waals surface area contributed by atoms with E-state index < -0.39 is 0 Å². The summed E-state index contributed by atoms with van der Waals surface area (Å²) in [7, 11) is 0. The highest BCUT2D eigenvalue weighted by Crippen LogP contribution is 2.27. The molecule has 0 bridgehead atoms. The van der Waals surface area contributed by atoms with Crippen molar-refractivity contribution in [2.24, 2.45) is 0 Å². The summed E-state index contributed by atoms with van der Waals surface area (Å²) in [6.07, 6.45) is 5.04. The molecule has 2 unspecified atom stereocenters. The van der Waals surface area contributed by atoms with E-state index in [0.717, 1.165) is 55.8 Å². The van der Waals surface area contributed by atoms with Gasteiger partial charge in [-0.15, -0.1) is 0 Å². The highest BCUT2D eigenvalue weighted by Gasteiger charge is 2.20. The van der Waals surface area contributed by atoms with Gasteiger partial charge in [-0.3, -0.25) is 4.79 Å². The molecule has 126 valence electrons. The zero-order chi connectivity index (χ0) is 16.1. The Hall–Kier alpha value is -1.59. The van der Waals surface area contributed by atoms with Gasteiger partial charge in [0.2, 0.25) is 5.91 Å². The smallest absolute Gasteiger partial charge is 0.226 e. The van der Waals surface area contributed by atoms with Gasteiger partial charge in [-0.2, -0.15) is 0 Å². The molecular formula is C18H26N2O3. The largest absolute Gasteiger partial charge is 0.489 e. The van der Waals surface area contributed by atoms with Crippen LogP contribution in [0, 0.1) is 6.92 Å². The van der Waals surface area contributed by atoms with Crippen molar-refractivity contribution >= 4 is 11.6 Å². The van der Waals surface area contributed by atoms with Crippen molar-refractivity contribution in [3.05, 3.63) is 23.8 Å². The van der Waals surface area contributed by atoms with Gasteiger partial charge in [0.15, 0.2) is 0 Å². The second kappa shape index (κ2) is 7.79. The molecule has 0 aliphatic carbocycles. The molecule has 0 aromatic heterocycles. The quantitative estimate of drug-likeness (QED) is 0.846. The van der Waals surface area contributed by atoms with E-state index in [2.05, 4.69) is 10.6 Å². The molecule has 2 aliphatic rings. The lowest BCUT2D eigenvalue weighted by molar-refractivity contribution is -0.116. The Morgan fingerprint density at radius 3 is 3.04 bits per heavy atom. The van der Waals surface area contributed by atoms with Crippen LogP contribution >= 0.6 is 0 Å².